The Hall–Kier alpha value is -3.13. The summed E-state index contributed by atoms with van der Waals surface area (Å²) in [6.07, 6.45) is 4.55. The minimum absolute atomic E-state index is 0.241. The summed E-state index contributed by atoms with van der Waals surface area (Å²) in [6.45, 7) is 6.81. The van der Waals surface area contributed by atoms with E-state index in [2.05, 4.69) is 34.9 Å². The first-order valence-electron chi connectivity index (χ1n) is 11.0. The van der Waals surface area contributed by atoms with Crippen molar-refractivity contribution in [3.05, 3.63) is 47.8 Å². The van der Waals surface area contributed by atoms with Gasteiger partial charge in [-0.1, -0.05) is 25.1 Å². The number of fused-ring (bicyclic) bond motifs is 1. The maximum Gasteiger partial charge on any atom is 0.319 e. The highest BCUT2D eigenvalue weighted by Gasteiger charge is 2.21. The Labute approximate surface area is 182 Å². The van der Waals surface area contributed by atoms with Gasteiger partial charge in [0.05, 0.1) is 17.3 Å². The van der Waals surface area contributed by atoms with Crippen LogP contribution in [-0.4, -0.2) is 40.1 Å². The monoisotopic (exact) mass is 422 g/mol. The molecular weight excluding hydrogens is 392 g/mol. The van der Waals surface area contributed by atoms with Crippen molar-refractivity contribution in [1.82, 2.24) is 20.1 Å². The predicted octanol–water partition coefficient (Wildman–Crippen LogP) is 3.93. The third-order valence-electron chi connectivity index (χ3n) is 5.63. The fourth-order valence-electron chi connectivity index (χ4n) is 3.97. The molecule has 0 saturated carbocycles. The van der Waals surface area contributed by atoms with Gasteiger partial charge in [0.2, 0.25) is 0 Å². The number of rotatable bonds is 7. The molecule has 1 aromatic carbocycles. The Morgan fingerprint density at radius 3 is 2.68 bits per heavy atom. The van der Waals surface area contributed by atoms with Gasteiger partial charge in [0.15, 0.2) is 5.65 Å². The molecule has 0 atom stereocenters. The number of amides is 2. The van der Waals surface area contributed by atoms with Gasteiger partial charge in [0.1, 0.15) is 0 Å². The van der Waals surface area contributed by atoms with Crippen molar-refractivity contribution in [3.8, 4) is 0 Å². The van der Waals surface area contributed by atoms with Crippen LogP contribution in [0.4, 0.5) is 16.2 Å². The third-order valence-corrected chi connectivity index (χ3v) is 5.63. The number of para-hydroxylation sites is 1. The molecule has 0 bridgehead atoms. The number of hydrogen-bond acceptors (Lipinski definition) is 5. The van der Waals surface area contributed by atoms with Gasteiger partial charge in [-0.25, -0.2) is 14.5 Å². The number of aromatic nitrogens is 3. The molecular formula is C23H30N6O2. The standard InChI is InChI=1S/C23H30N6O2/c1-3-20-18(14-24-23(30)27-16-8-6-5-7-9-16)21(26-17-10-12-31-13-11-17)19-15-25-29(4-2)22(19)28-20/h5-9,15,17H,3-4,10-14H2,1-2H3,(H,26,28)(H2,24,27,30). The van der Waals surface area contributed by atoms with Gasteiger partial charge < -0.3 is 20.7 Å². The zero-order valence-corrected chi connectivity index (χ0v) is 18.1. The van der Waals surface area contributed by atoms with Crippen molar-refractivity contribution in [2.24, 2.45) is 0 Å². The second-order valence-electron chi connectivity index (χ2n) is 7.67. The topological polar surface area (TPSA) is 93.1 Å². The number of nitrogens with zero attached hydrogens (tertiary/aromatic N) is 3. The summed E-state index contributed by atoms with van der Waals surface area (Å²) in [5.41, 5.74) is 4.64. The summed E-state index contributed by atoms with van der Waals surface area (Å²) in [7, 11) is 0. The van der Waals surface area contributed by atoms with Crippen LogP contribution in [0.25, 0.3) is 11.0 Å². The van der Waals surface area contributed by atoms with Gasteiger partial charge in [-0.2, -0.15) is 5.10 Å². The molecule has 1 saturated heterocycles. The molecule has 164 valence electrons. The number of aryl methyl sites for hydroxylation is 2. The molecule has 31 heavy (non-hydrogen) atoms. The lowest BCUT2D eigenvalue weighted by molar-refractivity contribution is 0.0904. The van der Waals surface area contributed by atoms with Crippen LogP contribution in [0.15, 0.2) is 36.5 Å². The van der Waals surface area contributed by atoms with Gasteiger partial charge >= 0.3 is 6.03 Å². The Bertz CT molecular complexity index is 1030. The lowest BCUT2D eigenvalue weighted by Crippen LogP contribution is -2.31. The predicted molar refractivity (Wildman–Crippen MR) is 122 cm³/mol. The molecule has 8 nitrogen and oxygen atoms in total. The van der Waals surface area contributed by atoms with E-state index in [-0.39, 0.29) is 6.03 Å². The lowest BCUT2D eigenvalue weighted by atomic mass is 10.0. The maximum absolute atomic E-state index is 12.5. The fourth-order valence-corrected chi connectivity index (χ4v) is 3.97. The summed E-state index contributed by atoms with van der Waals surface area (Å²) < 4.78 is 7.44. The number of urea groups is 1. The first-order valence-corrected chi connectivity index (χ1v) is 11.0. The van der Waals surface area contributed by atoms with Crippen LogP contribution < -0.4 is 16.0 Å². The van der Waals surface area contributed by atoms with Gasteiger partial charge in [0, 0.05) is 49.3 Å². The van der Waals surface area contributed by atoms with Gasteiger partial charge in [-0.05, 0) is 38.3 Å². The minimum Gasteiger partial charge on any atom is -0.381 e. The maximum atomic E-state index is 12.5. The number of nitrogens with one attached hydrogen (secondary N) is 3. The summed E-state index contributed by atoms with van der Waals surface area (Å²) in [5.74, 6) is 0. The van der Waals surface area contributed by atoms with E-state index >= 15 is 0 Å². The molecule has 1 aliphatic heterocycles. The Morgan fingerprint density at radius 1 is 1.19 bits per heavy atom. The van der Waals surface area contributed by atoms with Crippen molar-refractivity contribution in [2.75, 3.05) is 23.8 Å². The van der Waals surface area contributed by atoms with Crippen molar-refractivity contribution in [1.29, 1.82) is 0 Å². The molecule has 4 rings (SSSR count). The van der Waals surface area contributed by atoms with Crippen molar-refractivity contribution >= 4 is 28.4 Å². The van der Waals surface area contributed by atoms with E-state index in [1.807, 2.05) is 41.2 Å². The Morgan fingerprint density at radius 2 is 1.97 bits per heavy atom. The van der Waals surface area contributed by atoms with Crippen molar-refractivity contribution < 1.29 is 9.53 Å². The average Bonchev–Trinajstić information content (AvgIpc) is 3.22. The van der Waals surface area contributed by atoms with E-state index < -0.39 is 0 Å². The smallest absolute Gasteiger partial charge is 0.319 e. The van der Waals surface area contributed by atoms with Crippen molar-refractivity contribution in [3.63, 3.8) is 0 Å². The molecule has 1 aliphatic rings. The number of ether oxygens (including phenoxy) is 1. The largest absolute Gasteiger partial charge is 0.381 e. The molecule has 2 amide bonds. The van der Waals surface area contributed by atoms with Crippen LogP contribution in [0.3, 0.4) is 0 Å². The van der Waals surface area contributed by atoms with Gasteiger partial charge in [0.25, 0.3) is 0 Å². The van der Waals surface area contributed by atoms with E-state index in [4.69, 9.17) is 9.72 Å². The van der Waals surface area contributed by atoms with E-state index in [0.29, 0.717) is 12.6 Å². The molecule has 0 spiro atoms. The molecule has 8 heteroatoms. The van der Waals surface area contributed by atoms with Crippen LogP contribution in [0.5, 0.6) is 0 Å². The van der Waals surface area contributed by atoms with E-state index in [1.165, 1.54) is 0 Å². The van der Waals surface area contributed by atoms with Crippen molar-refractivity contribution in [2.45, 2.75) is 52.2 Å². The van der Waals surface area contributed by atoms with Crippen LogP contribution in [-0.2, 0) is 24.2 Å². The highest BCUT2D eigenvalue weighted by molar-refractivity contribution is 5.92. The van der Waals surface area contributed by atoms with Crippen LogP contribution in [0.2, 0.25) is 0 Å². The summed E-state index contributed by atoms with van der Waals surface area (Å²) in [6, 6.07) is 9.51. The molecule has 3 N–H and O–H groups in total. The third kappa shape index (κ3) is 4.80. The summed E-state index contributed by atoms with van der Waals surface area (Å²) in [4.78, 5) is 17.4. The van der Waals surface area contributed by atoms with E-state index in [0.717, 1.165) is 72.7 Å². The molecule has 0 radical (unpaired) electrons. The van der Waals surface area contributed by atoms with E-state index in [1.54, 1.807) is 0 Å². The Kier molecular flexibility index (Phi) is 6.66. The molecule has 3 heterocycles. The van der Waals surface area contributed by atoms with Crippen LogP contribution >= 0.6 is 0 Å². The summed E-state index contributed by atoms with van der Waals surface area (Å²) >= 11 is 0. The fraction of sp³-hybridized carbons (Fsp3) is 0.435. The number of hydrogen-bond donors (Lipinski definition) is 3. The SMILES string of the molecule is CCc1nc2c(cnn2CC)c(NC2CCOCC2)c1CNC(=O)Nc1ccccc1. The van der Waals surface area contributed by atoms with Gasteiger partial charge in [-0.3, -0.25) is 0 Å². The number of carbonyl (C=O) groups excluding carboxylic acids is 1. The zero-order chi connectivity index (χ0) is 21.6. The lowest BCUT2D eigenvalue weighted by Gasteiger charge is -2.26. The summed E-state index contributed by atoms with van der Waals surface area (Å²) in [5, 5.41) is 15.1. The van der Waals surface area contributed by atoms with Gasteiger partial charge in [-0.15, -0.1) is 0 Å². The number of anilines is 2. The highest BCUT2D eigenvalue weighted by atomic mass is 16.5. The van der Waals surface area contributed by atoms with Crippen LogP contribution in [0.1, 0.15) is 37.9 Å². The number of pyridine rings is 1. The number of benzene rings is 1. The van der Waals surface area contributed by atoms with E-state index in [9.17, 15) is 4.79 Å². The molecule has 2 aromatic heterocycles. The second-order valence-corrected chi connectivity index (χ2v) is 7.67. The first kappa shape index (κ1) is 21.1. The number of carbonyl (C=O) groups is 1. The molecule has 1 fully saturated rings. The molecule has 0 unspecified atom stereocenters. The molecule has 0 aliphatic carbocycles. The quantitative estimate of drug-likeness (QED) is 0.537. The Balaban J connectivity index is 1.63. The molecule has 3 aromatic rings. The minimum atomic E-state index is -0.241. The first-order chi connectivity index (χ1) is 15.2. The zero-order valence-electron chi connectivity index (χ0n) is 18.1. The average molecular weight is 423 g/mol. The normalized spacial score (nSPS) is 14.5. The van der Waals surface area contributed by atoms with Crippen LogP contribution in [0, 0.1) is 0 Å². The highest BCUT2D eigenvalue weighted by Crippen LogP contribution is 2.31. The second kappa shape index (κ2) is 9.78.